The van der Waals surface area contributed by atoms with E-state index in [0.29, 0.717) is 6.07 Å². The Hall–Kier alpha value is -3.38. The quantitative estimate of drug-likeness (QED) is 0.216. The smallest absolute Gasteiger partial charge is 0.305 e. The van der Waals surface area contributed by atoms with E-state index in [9.17, 15) is 28.0 Å². The summed E-state index contributed by atoms with van der Waals surface area (Å²) in [6.45, 7) is 7.47. The Bertz CT molecular complexity index is 979. The van der Waals surface area contributed by atoms with Crippen molar-refractivity contribution in [2.75, 3.05) is 6.61 Å². The molecule has 1 heterocycles. The molecule has 1 saturated heterocycles. The molecule has 1 unspecified atom stereocenters. The van der Waals surface area contributed by atoms with Crippen LogP contribution in [0.25, 0.3) is 0 Å². The monoisotopic (exact) mass is 500 g/mol. The summed E-state index contributed by atoms with van der Waals surface area (Å²) in [5, 5.41) is 0. The van der Waals surface area contributed by atoms with Crippen LogP contribution < -0.4 is 0 Å². The summed E-state index contributed by atoms with van der Waals surface area (Å²) in [6.07, 6.45) is -6.55. The Labute approximate surface area is 200 Å². The predicted octanol–water partition coefficient (Wildman–Crippen LogP) is 2.42. The van der Waals surface area contributed by atoms with Gasteiger partial charge in [-0.05, 0) is 6.07 Å². The van der Waals surface area contributed by atoms with Gasteiger partial charge in [-0.15, -0.1) is 6.58 Å². The average Bonchev–Trinajstić information content (AvgIpc) is 2.72. The van der Waals surface area contributed by atoms with Gasteiger partial charge in [0.15, 0.2) is 12.2 Å². The van der Waals surface area contributed by atoms with E-state index < -0.39 is 66.2 Å². The molecule has 5 atom stereocenters. The summed E-state index contributed by atoms with van der Waals surface area (Å²) in [5.74, 6) is -5.47. The van der Waals surface area contributed by atoms with Gasteiger partial charge in [-0.3, -0.25) is 19.2 Å². The van der Waals surface area contributed by atoms with Gasteiger partial charge in [-0.2, -0.15) is 0 Å². The Balaban J connectivity index is 2.64. The topological polar surface area (TPSA) is 124 Å². The Kier molecular flexibility index (Phi) is 9.84. The van der Waals surface area contributed by atoms with Gasteiger partial charge in [-0.1, -0.05) is 6.08 Å². The third-order valence-corrected chi connectivity index (χ3v) is 4.65. The highest BCUT2D eigenvalue weighted by Crippen LogP contribution is 2.39. The van der Waals surface area contributed by atoms with E-state index in [1.807, 2.05) is 0 Å². The van der Waals surface area contributed by atoms with Crippen LogP contribution in [0.15, 0.2) is 24.8 Å². The molecule has 12 heteroatoms. The van der Waals surface area contributed by atoms with Crippen molar-refractivity contribution in [2.45, 2.75) is 65.0 Å². The van der Waals surface area contributed by atoms with Crippen LogP contribution in [0.5, 0.6) is 0 Å². The largest absolute Gasteiger partial charge is 0.455 e. The van der Waals surface area contributed by atoms with Gasteiger partial charge in [0.1, 0.15) is 17.7 Å². The van der Waals surface area contributed by atoms with E-state index in [2.05, 4.69) is 6.58 Å². The SMILES string of the molecule is C=CCOCc1cc([C@@H]2OC(OC(C)=O)[C@@H](OC(C)=O)[C@H](OC(C)=O)[C@H]2OC(C)=O)c(F)cc1F. The molecular formula is C23H26F2O10. The first-order valence-corrected chi connectivity index (χ1v) is 10.4. The van der Waals surface area contributed by atoms with Gasteiger partial charge in [0, 0.05) is 44.9 Å². The molecule has 0 spiro atoms. The molecule has 35 heavy (non-hydrogen) atoms. The minimum atomic E-state index is -1.69. The second-order valence-electron chi connectivity index (χ2n) is 7.53. The Morgan fingerprint density at radius 1 is 0.857 bits per heavy atom. The summed E-state index contributed by atoms with van der Waals surface area (Å²) < 4.78 is 61.1. The van der Waals surface area contributed by atoms with Crippen molar-refractivity contribution in [1.29, 1.82) is 0 Å². The fourth-order valence-corrected chi connectivity index (χ4v) is 3.48. The molecule has 0 bridgehead atoms. The Morgan fingerprint density at radius 3 is 1.94 bits per heavy atom. The van der Waals surface area contributed by atoms with Crippen molar-refractivity contribution in [3.63, 3.8) is 0 Å². The summed E-state index contributed by atoms with van der Waals surface area (Å²) in [5.41, 5.74) is -0.381. The van der Waals surface area contributed by atoms with Gasteiger partial charge in [-0.25, -0.2) is 8.78 Å². The van der Waals surface area contributed by atoms with Crippen LogP contribution >= 0.6 is 0 Å². The van der Waals surface area contributed by atoms with Crippen molar-refractivity contribution in [1.82, 2.24) is 0 Å². The lowest BCUT2D eigenvalue weighted by Crippen LogP contribution is -2.59. The highest BCUT2D eigenvalue weighted by atomic mass is 19.1. The maximum atomic E-state index is 15.0. The zero-order valence-corrected chi connectivity index (χ0v) is 19.6. The van der Waals surface area contributed by atoms with Crippen LogP contribution in [0.2, 0.25) is 0 Å². The molecule has 1 aromatic carbocycles. The molecule has 1 fully saturated rings. The number of rotatable bonds is 9. The second kappa shape index (κ2) is 12.4. The number of ether oxygens (including phenoxy) is 6. The molecule has 0 aliphatic carbocycles. The van der Waals surface area contributed by atoms with Crippen LogP contribution in [-0.4, -0.2) is 55.1 Å². The first-order chi connectivity index (χ1) is 16.4. The zero-order chi connectivity index (χ0) is 26.3. The predicted molar refractivity (Wildman–Crippen MR) is 112 cm³/mol. The van der Waals surface area contributed by atoms with Crippen molar-refractivity contribution in [2.24, 2.45) is 0 Å². The second-order valence-corrected chi connectivity index (χ2v) is 7.53. The van der Waals surface area contributed by atoms with Gasteiger partial charge in [0.25, 0.3) is 0 Å². The minimum absolute atomic E-state index is 0.0661. The summed E-state index contributed by atoms with van der Waals surface area (Å²) in [6, 6.07) is 1.66. The average molecular weight is 500 g/mol. The van der Waals surface area contributed by atoms with Gasteiger partial charge >= 0.3 is 23.9 Å². The van der Waals surface area contributed by atoms with E-state index in [1.54, 1.807) is 0 Å². The van der Waals surface area contributed by atoms with Crippen LogP contribution in [0.4, 0.5) is 8.78 Å². The third kappa shape index (κ3) is 7.55. The molecule has 192 valence electrons. The molecule has 1 aliphatic heterocycles. The molecule has 0 saturated carbocycles. The number of benzene rings is 1. The van der Waals surface area contributed by atoms with Gasteiger partial charge in [0.05, 0.1) is 13.2 Å². The summed E-state index contributed by atoms with van der Waals surface area (Å²) >= 11 is 0. The van der Waals surface area contributed by atoms with Gasteiger partial charge in [0.2, 0.25) is 12.4 Å². The highest BCUT2D eigenvalue weighted by molar-refractivity contribution is 5.69. The molecule has 0 N–H and O–H groups in total. The van der Waals surface area contributed by atoms with Crippen molar-refractivity contribution in [3.8, 4) is 0 Å². The van der Waals surface area contributed by atoms with E-state index >= 15 is 0 Å². The van der Waals surface area contributed by atoms with Crippen molar-refractivity contribution >= 4 is 23.9 Å². The zero-order valence-electron chi connectivity index (χ0n) is 19.6. The molecule has 10 nitrogen and oxygen atoms in total. The number of carbonyl (C=O) groups excluding carboxylic acids is 4. The van der Waals surface area contributed by atoms with Crippen LogP contribution in [-0.2, 0) is 54.2 Å². The lowest BCUT2D eigenvalue weighted by atomic mass is 9.91. The standard InChI is InChI=1S/C23H26F2O10/c1-6-7-30-10-15-8-16(18(25)9-17(15)24)19-20(31-11(2)26)21(32-12(3)27)22(33-13(4)28)23(35-19)34-14(5)29/h6,8-9,19-23H,1,7,10H2,2-5H3/t19-,20-,21+,22-,23?/m0/s1. The van der Waals surface area contributed by atoms with Crippen LogP contribution in [0.3, 0.4) is 0 Å². The van der Waals surface area contributed by atoms with E-state index in [1.165, 1.54) is 6.08 Å². The number of hydrogen-bond acceptors (Lipinski definition) is 10. The maximum absolute atomic E-state index is 15.0. The molecule has 1 aromatic rings. The van der Waals surface area contributed by atoms with Crippen molar-refractivity contribution in [3.05, 3.63) is 47.5 Å². The minimum Gasteiger partial charge on any atom is -0.455 e. The Morgan fingerprint density at radius 2 is 1.40 bits per heavy atom. The first kappa shape index (κ1) is 27.9. The highest BCUT2D eigenvalue weighted by Gasteiger charge is 2.54. The maximum Gasteiger partial charge on any atom is 0.305 e. The molecule has 0 amide bonds. The summed E-state index contributed by atoms with van der Waals surface area (Å²) in [7, 11) is 0. The van der Waals surface area contributed by atoms with Crippen molar-refractivity contribution < 1.29 is 56.4 Å². The lowest BCUT2D eigenvalue weighted by Gasteiger charge is -2.44. The fraction of sp³-hybridized carbons (Fsp3) is 0.478. The van der Waals surface area contributed by atoms with Crippen LogP contribution in [0.1, 0.15) is 44.9 Å². The first-order valence-electron chi connectivity index (χ1n) is 10.4. The van der Waals surface area contributed by atoms with E-state index in [0.717, 1.165) is 33.8 Å². The van der Waals surface area contributed by atoms with Crippen LogP contribution in [0, 0.1) is 11.6 Å². The molecule has 2 rings (SSSR count). The molecule has 0 aromatic heterocycles. The third-order valence-electron chi connectivity index (χ3n) is 4.65. The number of esters is 4. The van der Waals surface area contributed by atoms with E-state index in [-0.39, 0.29) is 24.3 Å². The number of carbonyl (C=O) groups is 4. The number of hydrogen-bond donors (Lipinski definition) is 0. The summed E-state index contributed by atoms with van der Waals surface area (Å²) in [4.78, 5) is 47.2. The molecule has 1 aliphatic rings. The number of halogens is 2. The van der Waals surface area contributed by atoms with E-state index in [4.69, 9.17) is 28.4 Å². The fourth-order valence-electron chi connectivity index (χ4n) is 3.48. The normalized spacial score (nSPS) is 23.7. The molecular weight excluding hydrogens is 474 g/mol. The lowest BCUT2D eigenvalue weighted by molar-refractivity contribution is -0.298. The molecule has 0 radical (unpaired) electrons. The van der Waals surface area contributed by atoms with Gasteiger partial charge < -0.3 is 28.4 Å².